The van der Waals surface area contributed by atoms with E-state index < -0.39 is 0 Å². The molecule has 0 saturated carbocycles. The largest absolute Gasteiger partial charge is 0.118 e. The van der Waals surface area contributed by atoms with Crippen molar-refractivity contribution >= 4 is 17.7 Å². The van der Waals surface area contributed by atoms with Crippen molar-refractivity contribution in [2.24, 2.45) is 0 Å². The van der Waals surface area contributed by atoms with Gasteiger partial charge in [-0.2, -0.15) is 0 Å². The van der Waals surface area contributed by atoms with Crippen molar-refractivity contribution in [2.75, 3.05) is 0 Å². The summed E-state index contributed by atoms with van der Waals surface area (Å²) in [6, 6.07) is 8.08. The third-order valence-corrected chi connectivity index (χ3v) is 1.88. The lowest BCUT2D eigenvalue weighted by atomic mass is 10.1. The van der Waals surface area contributed by atoms with E-state index in [-0.39, 0.29) is 5.38 Å². The Bertz CT molecular complexity index is 234. The minimum Gasteiger partial charge on any atom is -0.118 e. The molecule has 58 valence electrons. The van der Waals surface area contributed by atoms with Gasteiger partial charge in [-0.3, -0.25) is 0 Å². The summed E-state index contributed by atoms with van der Waals surface area (Å²) in [4.78, 5) is 0. The predicted molar refractivity (Wildman–Crippen MR) is 50.8 cm³/mol. The number of alkyl halides is 1. The Kier molecular flexibility index (Phi) is 2.72. The van der Waals surface area contributed by atoms with Gasteiger partial charge in [0.2, 0.25) is 0 Å². The predicted octanol–water partition coefficient (Wildman–Crippen LogP) is 3.63. The first kappa shape index (κ1) is 8.35. The van der Waals surface area contributed by atoms with E-state index in [1.165, 1.54) is 0 Å². The summed E-state index contributed by atoms with van der Waals surface area (Å²) in [5.41, 5.74) is 2.28. The maximum atomic E-state index is 5.87. The highest BCUT2D eigenvalue weighted by atomic mass is 35.5. The highest BCUT2D eigenvalue weighted by Gasteiger charge is 1.98. The van der Waals surface area contributed by atoms with Crippen LogP contribution in [0.5, 0.6) is 0 Å². The molecule has 0 amide bonds. The first-order valence-corrected chi connectivity index (χ1v) is 4.04. The molecular weight excluding hydrogens is 156 g/mol. The Balaban J connectivity index is 2.91. The minimum absolute atomic E-state index is 0.0915. The van der Waals surface area contributed by atoms with Crippen LogP contribution in [0.3, 0.4) is 0 Å². The molecule has 0 aliphatic carbocycles. The smallest absolute Gasteiger partial charge is 0.0557 e. The molecule has 1 atom stereocenters. The topological polar surface area (TPSA) is 0 Å². The SMILES string of the molecule is C=Cc1ccc(C(C)Cl)cc1. The first-order valence-electron chi connectivity index (χ1n) is 3.60. The average Bonchev–Trinajstić information content (AvgIpc) is 2.05. The van der Waals surface area contributed by atoms with Gasteiger partial charge in [0.15, 0.2) is 0 Å². The Hall–Kier alpha value is -0.750. The molecule has 0 saturated heterocycles. The highest BCUT2D eigenvalue weighted by Crippen LogP contribution is 2.19. The van der Waals surface area contributed by atoms with Crippen molar-refractivity contribution in [2.45, 2.75) is 12.3 Å². The maximum absolute atomic E-state index is 5.87. The molecule has 1 aromatic carbocycles. The first-order chi connectivity index (χ1) is 5.24. The lowest BCUT2D eigenvalue weighted by molar-refractivity contribution is 1.08. The fraction of sp³-hybridized carbons (Fsp3) is 0.200. The van der Waals surface area contributed by atoms with Crippen LogP contribution in [0.4, 0.5) is 0 Å². The van der Waals surface area contributed by atoms with Gasteiger partial charge in [-0.25, -0.2) is 0 Å². The van der Waals surface area contributed by atoms with Crippen LogP contribution in [-0.2, 0) is 0 Å². The molecule has 0 bridgehead atoms. The van der Waals surface area contributed by atoms with Gasteiger partial charge in [0.05, 0.1) is 5.38 Å². The molecule has 1 aromatic rings. The monoisotopic (exact) mass is 166 g/mol. The Labute approximate surface area is 72.5 Å². The molecule has 0 aliphatic rings. The van der Waals surface area contributed by atoms with Crippen LogP contribution < -0.4 is 0 Å². The van der Waals surface area contributed by atoms with E-state index in [2.05, 4.69) is 6.58 Å². The van der Waals surface area contributed by atoms with Gasteiger partial charge in [-0.1, -0.05) is 36.9 Å². The average molecular weight is 167 g/mol. The van der Waals surface area contributed by atoms with E-state index in [9.17, 15) is 0 Å². The number of halogens is 1. The molecule has 0 aromatic heterocycles. The minimum atomic E-state index is 0.0915. The summed E-state index contributed by atoms with van der Waals surface area (Å²) in [5, 5.41) is 0.0915. The van der Waals surface area contributed by atoms with Crippen LogP contribution in [0.2, 0.25) is 0 Å². The molecule has 0 spiro atoms. The molecule has 0 N–H and O–H groups in total. The zero-order valence-corrected chi connectivity index (χ0v) is 7.31. The molecule has 1 unspecified atom stereocenters. The van der Waals surface area contributed by atoms with Gasteiger partial charge in [-0.05, 0) is 18.1 Å². The van der Waals surface area contributed by atoms with Gasteiger partial charge in [0.1, 0.15) is 0 Å². The second kappa shape index (κ2) is 3.59. The highest BCUT2D eigenvalue weighted by molar-refractivity contribution is 6.20. The van der Waals surface area contributed by atoms with Crippen LogP contribution in [0.25, 0.3) is 6.08 Å². The summed E-state index contributed by atoms with van der Waals surface area (Å²) < 4.78 is 0. The van der Waals surface area contributed by atoms with E-state index in [1.807, 2.05) is 37.3 Å². The molecular formula is C10H11Cl. The van der Waals surface area contributed by atoms with Crippen molar-refractivity contribution in [3.8, 4) is 0 Å². The third kappa shape index (κ3) is 2.09. The molecule has 11 heavy (non-hydrogen) atoms. The van der Waals surface area contributed by atoms with Crippen molar-refractivity contribution < 1.29 is 0 Å². The quantitative estimate of drug-likeness (QED) is 0.589. The standard InChI is InChI=1S/C10H11Cl/c1-3-9-4-6-10(7-5-9)8(2)11/h3-8H,1H2,2H3. The van der Waals surface area contributed by atoms with Crippen molar-refractivity contribution in [3.05, 3.63) is 42.0 Å². The van der Waals surface area contributed by atoms with Crippen LogP contribution in [-0.4, -0.2) is 0 Å². The van der Waals surface area contributed by atoms with Crippen LogP contribution >= 0.6 is 11.6 Å². The summed E-state index contributed by atoms with van der Waals surface area (Å²) in [6.07, 6.45) is 1.82. The van der Waals surface area contributed by atoms with Gasteiger partial charge in [0, 0.05) is 0 Å². The van der Waals surface area contributed by atoms with Crippen molar-refractivity contribution in [3.63, 3.8) is 0 Å². The normalized spacial score (nSPS) is 12.5. The van der Waals surface area contributed by atoms with Crippen molar-refractivity contribution in [1.82, 2.24) is 0 Å². The van der Waals surface area contributed by atoms with E-state index in [4.69, 9.17) is 11.6 Å². The number of benzene rings is 1. The lowest BCUT2D eigenvalue weighted by Crippen LogP contribution is -1.82. The second-order valence-electron chi connectivity index (χ2n) is 2.49. The van der Waals surface area contributed by atoms with E-state index >= 15 is 0 Å². The fourth-order valence-electron chi connectivity index (χ4n) is 0.897. The number of hydrogen-bond donors (Lipinski definition) is 0. The molecule has 0 heterocycles. The molecule has 1 heteroatoms. The van der Waals surface area contributed by atoms with Gasteiger partial charge in [0.25, 0.3) is 0 Å². The van der Waals surface area contributed by atoms with Crippen LogP contribution in [0.15, 0.2) is 30.8 Å². The van der Waals surface area contributed by atoms with Crippen LogP contribution in [0.1, 0.15) is 23.4 Å². The maximum Gasteiger partial charge on any atom is 0.0557 e. The molecule has 0 radical (unpaired) electrons. The number of hydrogen-bond acceptors (Lipinski definition) is 0. The summed E-state index contributed by atoms with van der Waals surface area (Å²) in [6.45, 7) is 5.64. The van der Waals surface area contributed by atoms with Gasteiger partial charge in [-0.15, -0.1) is 11.6 Å². The Morgan fingerprint density at radius 2 is 1.91 bits per heavy atom. The lowest BCUT2D eigenvalue weighted by Gasteiger charge is -2.02. The van der Waals surface area contributed by atoms with Gasteiger partial charge >= 0.3 is 0 Å². The molecule has 0 nitrogen and oxygen atoms in total. The molecule has 1 rings (SSSR count). The third-order valence-electron chi connectivity index (χ3n) is 1.63. The van der Waals surface area contributed by atoms with E-state index in [0.717, 1.165) is 11.1 Å². The molecule has 0 aliphatic heterocycles. The Morgan fingerprint density at radius 1 is 1.36 bits per heavy atom. The van der Waals surface area contributed by atoms with E-state index in [1.54, 1.807) is 0 Å². The second-order valence-corrected chi connectivity index (χ2v) is 3.14. The van der Waals surface area contributed by atoms with Crippen molar-refractivity contribution in [1.29, 1.82) is 0 Å². The number of rotatable bonds is 2. The van der Waals surface area contributed by atoms with E-state index in [0.29, 0.717) is 0 Å². The Morgan fingerprint density at radius 3 is 2.27 bits per heavy atom. The summed E-state index contributed by atoms with van der Waals surface area (Å²) in [5.74, 6) is 0. The van der Waals surface area contributed by atoms with Crippen LogP contribution in [0, 0.1) is 0 Å². The zero-order chi connectivity index (χ0) is 8.27. The fourth-order valence-corrected chi connectivity index (χ4v) is 1.04. The summed E-state index contributed by atoms with van der Waals surface area (Å²) in [7, 11) is 0. The summed E-state index contributed by atoms with van der Waals surface area (Å²) >= 11 is 5.87. The molecule has 0 fully saturated rings. The van der Waals surface area contributed by atoms with Gasteiger partial charge < -0.3 is 0 Å². The zero-order valence-electron chi connectivity index (χ0n) is 6.55.